The number of thiazole rings is 1. The van der Waals surface area contributed by atoms with Crippen molar-refractivity contribution in [2.24, 2.45) is 5.41 Å². The van der Waals surface area contributed by atoms with Gasteiger partial charge in [0.15, 0.2) is 5.13 Å². The van der Waals surface area contributed by atoms with E-state index in [-0.39, 0.29) is 5.91 Å². The van der Waals surface area contributed by atoms with Crippen molar-refractivity contribution in [3.63, 3.8) is 0 Å². The summed E-state index contributed by atoms with van der Waals surface area (Å²) in [5.41, 5.74) is 2.74. The van der Waals surface area contributed by atoms with E-state index in [0.29, 0.717) is 5.82 Å². The largest absolute Gasteiger partial charge is 0.310 e. The van der Waals surface area contributed by atoms with E-state index in [4.69, 9.17) is 4.98 Å². The molecule has 3 aromatic rings. The van der Waals surface area contributed by atoms with Crippen LogP contribution in [-0.2, 0) is 4.79 Å². The maximum atomic E-state index is 12.3. The molecule has 0 unspecified atom stereocenters. The minimum Gasteiger partial charge on any atom is -0.310 e. The Morgan fingerprint density at radius 3 is 2.48 bits per heavy atom. The molecule has 130 valence electrons. The molecule has 0 aliphatic rings. The molecular weight excluding hydrogens is 332 g/mol. The maximum Gasteiger partial charge on any atom is 0.230 e. The van der Waals surface area contributed by atoms with Gasteiger partial charge in [-0.05, 0) is 13.8 Å². The van der Waals surface area contributed by atoms with Gasteiger partial charge in [-0.3, -0.25) is 9.36 Å². The van der Waals surface area contributed by atoms with Gasteiger partial charge < -0.3 is 5.32 Å². The Hall–Kier alpha value is -2.47. The van der Waals surface area contributed by atoms with Crippen LogP contribution >= 0.6 is 11.3 Å². The first-order chi connectivity index (χ1) is 11.8. The van der Waals surface area contributed by atoms with Gasteiger partial charge in [0.2, 0.25) is 5.91 Å². The summed E-state index contributed by atoms with van der Waals surface area (Å²) in [4.78, 5) is 21.4. The highest BCUT2D eigenvalue weighted by Crippen LogP contribution is 2.28. The number of benzene rings is 1. The predicted molar refractivity (Wildman–Crippen MR) is 102 cm³/mol. The van der Waals surface area contributed by atoms with Crippen LogP contribution < -0.4 is 5.32 Å². The number of amides is 1. The monoisotopic (exact) mass is 354 g/mol. The minimum absolute atomic E-state index is 0.0519. The molecule has 0 aliphatic heterocycles. The molecule has 0 bridgehead atoms. The van der Waals surface area contributed by atoms with Crippen LogP contribution in [0, 0.1) is 19.3 Å². The Morgan fingerprint density at radius 2 is 1.84 bits per heavy atom. The fourth-order valence-corrected chi connectivity index (χ4v) is 3.19. The number of rotatable bonds is 3. The topological polar surface area (TPSA) is 59.8 Å². The number of carbonyl (C=O) groups excluding carboxylic acids is 1. The fraction of sp³-hybridized carbons (Fsp3) is 0.316. The number of nitrogens with one attached hydrogen (secondary N) is 1. The molecule has 0 fully saturated rings. The van der Waals surface area contributed by atoms with Gasteiger partial charge in [0.25, 0.3) is 0 Å². The van der Waals surface area contributed by atoms with Gasteiger partial charge in [0.05, 0.1) is 11.9 Å². The van der Waals surface area contributed by atoms with Gasteiger partial charge in [-0.2, -0.15) is 0 Å². The lowest BCUT2D eigenvalue weighted by Crippen LogP contribution is -2.28. The van der Waals surface area contributed by atoms with Gasteiger partial charge in [-0.25, -0.2) is 9.97 Å². The van der Waals surface area contributed by atoms with Crippen molar-refractivity contribution in [1.29, 1.82) is 0 Å². The summed E-state index contributed by atoms with van der Waals surface area (Å²) in [5.74, 6) is 1.38. The maximum absolute atomic E-state index is 12.3. The standard InChI is InChI=1S/C19H22N4OS/c1-12-6-8-14(9-7-12)15-11-25-18(21-15)23-13(2)20-10-16(23)22-17(24)19(3,4)5/h6-11H,1-5H3,(H,22,24). The van der Waals surface area contributed by atoms with Crippen molar-refractivity contribution >= 4 is 23.1 Å². The van der Waals surface area contributed by atoms with E-state index in [1.165, 1.54) is 16.9 Å². The summed E-state index contributed by atoms with van der Waals surface area (Å²) < 4.78 is 1.88. The molecular formula is C19H22N4OS. The van der Waals surface area contributed by atoms with E-state index < -0.39 is 5.41 Å². The lowest BCUT2D eigenvalue weighted by molar-refractivity contribution is -0.123. The molecule has 0 radical (unpaired) electrons. The number of aromatic nitrogens is 3. The molecule has 1 amide bonds. The van der Waals surface area contributed by atoms with E-state index in [0.717, 1.165) is 22.2 Å². The second-order valence-corrected chi connectivity index (χ2v) is 7.95. The Labute approximate surface area is 151 Å². The van der Waals surface area contributed by atoms with Crippen LogP contribution in [0.3, 0.4) is 0 Å². The summed E-state index contributed by atoms with van der Waals surface area (Å²) in [6.45, 7) is 9.62. The van der Waals surface area contributed by atoms with Crippen molar-refractivity contribution < 1.29 is 4.79 Å². The van der Waals surface area contributed by atoms with Crippen molar-refractivity contribution in [2.45, 2.75) is 34.6 Å². The lowest BCUT2D eigenvalue weighted by atomic mass is 9.96. The average molecular weight is 354 g/mol. The summed E-state index contributed by atoms with van der Waals surface area (Å²) >= 11 is 1.53. The lowest BCUT2D eigenvalue weighted by Gasteiger charge is -2.18. The van der Waals surface area contributed by atoms with Crippen molar-refractivity contribution in [1.82, 2.24) is 14.5 Å². The zero-order valence-electron chi connectivity index (χ0n) is 15.1. The van der Waals surface area contributed by atoms with Crippen molar-refractivity contribution in [2.75, 3.05) is 5.32 Å². The molecule has 0 saturated carbocycles. The first-order valence-electron chi connectivity index (χ1n) is 8.14. The van der Waals surface area contributed by atoms with Gasteiger partial charge in [0.1, 0.15) is 11.6 Å². The number of hydrogen-bond acceptors (Lipinski definition) is 4. The Balaban J connectivity index is 1.94. The third-order valence-electron chi connectivity index (χ3n) is 3.89. The van der Waals surface area contributed by atoms with Crippen molar-refractivity contribution in [3.8, 4) is 16.4 Å². The second-order valence-electron chi connectivity index (χ2n) is 7.11. The highest BCUT2D eigenvalue weighted by Gasteiger charge is 2.23. The summed E-state index contributed by atoms with van der Waals surface area (Å²) in [7, 11) is 0. The molecule has 3 rings (SSSR count). The summed E-state index contributed by atoms with van der Waals surface area (Å²) in [6, 6.07) is 8.28. The number of nitrogens with zero attached hydrogens (tertiary/aromatic N) is 3. The van der Waals surface area contributed by atoms with Crippen LogP contribution in [0.15, 0.2) is 35.8 Å². The highest BCUT2D eigenvalue weighted by atomic mass is 32.1. The minimum atomic E-state index is -0.473. The molecule has 5 nitrogen and oxygen atoms in total. The zero-order chi connectivity index (χ0) is 18.2. The van der Waals surface area contributed by atoms with Crippen LogP contribution in [0.2, 0.25) is 0 Å². The molecule has 1 aromatic carbocycles. The Bertz CT molecular complexity index is 900. The summed E-state index contributed by atoms with van der Waals surface area (Å²) in [6.07, 6.45) is 1.67. The number of anilines is 1. The van der Waals surface area contributed by atoms with Gasteiger partial charge >= 0.3 is 0 Å². The molecule has 6 heteroatoms. The normalized spacial score (nSPS) is 11.6. The summed E-state index contributed by atoms with van der Waals surface area (Å²) in [5, 5.41) is 5.76. The van der Waals surface area contributed by atoms with Crippen LogP contribution in [0.4, 0.5) is 5.82 Å². The quantitative estimate of drug-likeness (QED) is 0.748. The van der Waals surface area contributed by atoms with Crippen LogP contribution in [-0.4, -0.2) is 20.4 Å². The van der Waals surface area contributed by atoms with Crippen molar-refractivity contribution in [3.05, 3.63) is 47.2 Å². The van der Waals surface area contributed by atoms with Gasteiger partial charge in [0, 0.05) is 16.4 Å². The molecule has 0 aliphatic carbocycles. The Kier molecular flexibility index (Phi) is 4.47. The van der Waals surface area contributed by atoms with E-state index >= 15 is 0 Å². The first kappa shape index (κ1) is 17.4. The third kappa shape index (κ3) is 3.64. The van der Waals surface area contributed by atoms with Gasteiger partial charge in [-0.1, -0.05) is 50.6 Å². The van der Waals surface area contributed by atoms with Crippen LogP contribution in [0.25, 0.3) is 16.4 Å². The first-order valence-corrected chi connectivity index (χ1v) is 9.02. The smallest absolute Gasteiger partial charge is 0.230 e. The highest BCUT2D eigenvalue weighted by molar-refractivity contribution is 7.12. The van der Waals surface area contributed by atoms with E-state index in [1.807, 2.05) is 37.6 Å². The average Bonchev–Trinajstić information content (AvgIpc) is 3.14. The second kappa shape index (κ2) is 6.44. The fourth-order valence-electron chi connectivity index (χ4n) is 2.30. The van der Waals surface area contributed by atoms with Crippen LogP contribution in [0.1, 0.15) is 32.2 Å². The zero-order valence-corrected chi connectivity index (χ0v) is 15.9. The molecule has 2 aromatic heterocycles. The number of aryl methyl sites for hydroxylation is 2. The molecule has 0 saturated heterocycles. The number of hydrogen-bond donors (Lipinski definition) is 1. The number of imidazole rings is 1. The molecule has 2 heterocycles. The molecule has 0 spiro atoms. The van der Waals surface area contributed by atoms with Gasteiger partial charge in [-0.15, -0.1) is 11.3 Å². The molecule has 0 atom stereocenters. The third-order valence-corrected chi connectivity index (χ3v) is 4.72. The predicted octanol–water partition coefficient (Wildman–Crippen LogP) is 4.60. The number of carbonyl (C=O) groups is 1. The van der Waals surface area contributed by atoms with Crippen LogP contribution in [0.5, 0.6) is 0 Å². The van der Waals surface area contributed by atoms with E-state index in [2.05, 4.69) is 41.5 Å². The Morgan fingerprint density at radius 1 is 1.16 bits per heavy atom. The molecule has 1 N–H and O–H groups in total. The molecule has 25 heavy (non-hydrogen) atoms. The van der Waals surface area contributed by atoms with E-state index in [9.17, 15) is 4.79 Å². The SMILES string of the molecule is Cc1ccc(-c2csc(-n3c(NC(=O)C(C)(C)C)cnc3C)n2)cc1. The van der Waals surface area contributed by atoms with E-state index in [1.54, 1.807) is 6.20 Å².